The zero-order chi connectivity index (χ0) is 38.8. The molecule has 4 heteroatoms. The molecule has 0 saturated heterocycles. The number of hydrogen-bond donors (Lipinski definition) is 0. The first-order valence-electron chi connectivity index (χ1n) is 19.4. The number of fused-ring (bicyclic) bond motifs is 6. The van der Waals surface area contributed by atoms with Crippen molar-refractivity contribution in [2.75, 3.05) is 5.90 Å². The smallest absolute Gasteiger partial charge is 0.366 e. The summed E-state index contributed by atoms with van der Waals surface area (Å²) in [6, 6.07) is 73.5. The molecule has 0 fully saturated rings. The van der Waals surface area contributed by atoms with E-state index in [1.54, 1.807) is 0 Å². The Morgan fingerprint density at radius 3 is 0.966 bits per heavy atom. The Morgan fingerprint density at radius 2 is 0.644 bits per heavy atom. The largest absolute Gasteiger partial charge is 1.00 e. The summed E-state index contributed by atoms with van der Waals surface area (Å²) in [7, 11) is -1.69. The molecule has 59 heavy (non-hydrogen) atoms. The summed E-state index contributed by atoms with van der Waals surface area (Å²) in [4.78, 5) is 0. The normalized spacial score (nSPS) is 11.0. The van der Waals surface area contributed by atoms with Gasteiger partial charge in [-0.05, 0) is 94.8 Å². The molecule has 2 aliphatic carbocycles. The van der Waals surface area contributed by atoms with E-state index in [1.165, 1.54) is 71.6 Å². The molecule has 0 aliphatic heterocycles. The molecule has 0 saturated carbocycles. The maximum Gasteiger partial charge on any atom is 1.00 e. The van der Waals surface area contributed by atoms with Gasteiger partial charge in [0.2, 0.25) is 0 Å². The van der Waals surface area contributed by atoms with Gasteiger partial charge in [-0.3, -0.25) is 11.8 Å². The van der Waals surface area contributed by atoms with Crippen molar-refractivity contribution in [3.05, 3.63) is 252 Å². The monoisotopic (exact) mass is 1070 g/mol. The SMILES string of the molecule is [Ag+].[Au+].[C-]#Cc1cccc2c1Cc1ccccc1-2.[C-]#Cc1cccc2c1Cc1ccccc1-2.c1ccc([PH+](C[PH+](c2ccccc2)c2ccccc2)c2ccccc2)cc1. The van der Waals surface area contributed by atoms with Crippen LogP contribution in [0.25, 0.3) is 22.3 Å². The second kappa shape index (κ2) is 21.5. The quantitative estimate of drug-likeness (QED) is 0.0674. The van der Waals surface area contributed by atoms with Crippen molar-refractivity contribution in [3.63, 3.8) is 0 Å². The molecule has 0 amide bonds. The van der Waals surface area contributed by atoms with E-state index in [-0.39, 0.29) is 44.8 Å². The zero-order valence-electron chi connectivity index (χ0n) is 32.4. The second-order valence-corrected chi connectivity index (χ2v) is 19.8. The van der Waals surface area contributed by atoms with Gasteiger partial charge in [-0.2, -0.15) is 0 Å². The summed E-state index contributed by atoms with van der Waals surface area (Å²) in [6.45, 7) is 0. The summed E-state index contributed by atoms with van der Waals surface area (Å²) in [6.07, 6.45) is 16.4. The van der Waals surface area contributed by atoms with Crippen LogP contribution in [-0.4, -0.2) is 5.90 Å². The standard InChI is InChI=1S/C25H22P2.2C15H9.Ag.Au/c1-5-13-22(14-6-1)26(23-15-7-2-8-16-23)21-27(24-17-9-3-10-18-24)25-19-11-4-12-20-25;2*1-2-11-7-5-9-14-13-8-4-3-6-12(13)10-15(11)14;;/h1-20H,21H2;2*3-9H,10H2;;/q;2*-1;2*+1/p+2. The Kier molecular flexibility index (Phi) is 15.9. The Hall–Kier alpha value is -4.78. The van der Waals surface area contributed by atoms with E-state index in [9.17, 15) is 0 Å². The third kappa shape index (κ3) is 10.2. The minimum absolute atomic E-state index is 0. The number of rotatable bonds is 6. The fourth-order valence-corrected chi connectivity index (χ4v) is 15.8. The van der Waals surface area contributed by atoms with Crippen molar-refractivity contribution in [2.45, 2.75) is 12.8 Å². The summed E-state index contributed by atoms with van der Waals surface area (Å²) >= 11 is 0. The molecule has 2 aliphatic rings. The van der Waals surface area contributed by atoms with E-state index in [1.807, 2.05) is 24.3 Å². The van der Waals surface area contributed by atoms with Gasteiger partial charge >= 0.3 is 44.8 Å². The van der Waals surface area contributed by atoms with Crippen LogP contribution in [0.1, 0.15) is 33.4 Å². The second-order valence-electron chi connectivity index (χ2n) is 14.2. The topological polar surface area (TPSA) is 0 Å². The van der Waals surface area contributed by atoms with Gasteiger partial charge in [0.05, 0.1) is 0 Å². The van der Waals surface area contributed by atoms with Gasteiger partial charge in [0.15, 0.2) is 5.90 Å². The van der Waals surface area contributed by atoms with Crippen LogP contribution in [0.3, 0.4) is 0 Å². The zero-order valence-corrected chi connectivity index (χ0v) is 38.0. The molecule has 0 nitrogen and oxygen atoms in total. The van der Waals surface area contributed by atoms with E-state index in [2.05, 4.69) is 194 Å². The van der Waals surface area contributed by atoms with E-state index < -0.39 is 15.8 Å². The third-order valence-electron chi connectivity index (χ3n) is 10.8. The Labute approximate surface area is 384 Å². The first kappa shape index (κ1) is 43.8. The molecule has 0 N–H and O–H groups in total. The molecule has 0 radical (unpaired) electrons. The fourth-order valence-electron chi connectivity index (χ4n) is 8.02. The summed E-state index contributed by atoms with van der Waals surface area (Å²) in [5.41, 5.74) is 12.2. The van der Waals surface area contributed by atoms with Crippen molar-refractivity contribution in [3.8, 4) is 34.1 Å². The van der Waals surface area contributed by atoms with E-state index in [4.69, 9.17) is 12.8 Å². The Balaban J connectivity index is 0.000000156. The van der Waals surface area contributed by atoms with Crippen molar-refractivity contribution in [2.24, 2.45) is 0 Å². The first-order chi connectivity index (χ1) is 28.2. The molecular formula is C55H42AgAuP2+2. The maximum absolute atomic E-state index is 7.27. The summed E-state index contributed by atoms with van der Waals surface area (Å²) in [5, 5.41) is 6.01. The van der Waals surface area contributed by atoms with Crippen molar-refractivity contribution < 1.29 is 44.8 Å². The average molecular weight is 1070 g/mol. The van der Waals surface area contributed by atoms with Crippen LogP contribution in [0.2, 0.25) is 0 Å². The van der Waals surface area contributed by atoms with Gasteiger partial charge in [0.25, 0.3) is 0 Å². The van der Waals surface area contributed by atoms with Crippen molar-refractivity contribution in [1.29, 1.82) is 0 Å². The molecule has 0 atom stereocenters. The summed E-state index contributed by atoms with van der Waals surface area (Å²) in [5.74, 6) is 6.27. The molecule has 8 aromatic carbocycles. The molecule has 0 spiro atoms. The third-order valence-corrected chi connectivity index (χ3v) is 17.8. The van der Waals surface area contributed by atoms with Gasteiger partial charge in [0, 0.05) is 0 Å². The fraction of sp³-hybridized carbons (Fsp3) is 0.0545. The van der Waals surface area contributed by atoms with Gasteiger partial charge in [0.1, 0.15) is 37.1 Å². The van der Waals surface area contributed by atoms with Gasteiger partial charge in [-0.15, -0.1) is 34.4 Å². The predicted molar refractivity (Wildman–Crippen MR) is 248 cm³/mol. The van der Waals surface area contributed by atoms with Gasteiger partial charge in [-0.1, -0.05) is 146 Å². The Bertz CT molecular complexity index is 2420. The molecule has 0 aromatic heterocycles. The van der Waals surface area contributed by atoms with Crippen LogP contribution < -0.4 is 21.2 Å². The summed E-state index contributed by atoms with van der Waals surface area (Å²) < 4.78 is 0. The minimum Gasteiger partial charge on any atom is -0.366 e. The van der Waals surface area contributed by atoms with E-state index in [0.29, 0.717) is 0 Å². The molecule has 292 valence electrons. The molecule has 0 bridgehead atoms. The molecule has 10 rings (SSSR count). The first-order valence-corrected chi connectivity index (χ1v) is 22.8. The van der Waals surface area contributed by atoms with E-state index in [0.717, 1.165) is 24.0 Å². The molecular weight excluding hydrogens is 1030 g/mol. The van der Waals surface area contributed by atoms with Crippen LogP contribution in [0.5, 0.6) is 0 Å². The van der Waals surface area contributed by atoms with Gasteiger partial charge in [-0.25, -0.2) is 0 Å². The van der Waals surface area contributed by atoms with Crippen molar-refractivity contribution >= 4 is 37.1 Å². The number of benzene rings is 8. The predicted octanol–water partition coefficient (Wildman–Crippen LogP) is 11.1. The van der Waals surface area contributed by atoms with E-state index >= 15 is 0 Å². The minimum atomic E-state index is -0.847. The van der Waals surface area contributed by atoms with Crippen LogP contribution >= 0.6 is 15.8 Å². The molecule has 0 unspecified atom stereocenters. The van der Waals surface area contributed by atoms with Crippen LogP contribution in [-0.2, 0) is 57.6 Å². The molecule has 8 aromatic rings. The number of hydrogen-bond acceptors (Lipinski definition) is 0. The van der Waals surface area contributed by atoms with Crippen LogP contribution in [0, 0.1) is 24.7 Å². The average Bonchev–Trinajstić information content (AvgIpc) is 3.87. The van der Waals surface area contributed by atoms with Crippen LogP contribution in [0.4, 0.5) is 0 Å². The Morgan fingerprint density at radius 1 is 0.356 bits per heavy atom. The van der Waals surface area contributed by atoms with Gasteiger partial charge < -0.3 is 12.8 Å². The van der Waals surface area contributed by atoms with Crippen LogP contribution in [0.15, 0.2) is 206 Å². The maximum atomic E-state index is 7.27. The molecule has 0 heterocycles. The van der Waals surface area contributed by atoms with Crippen molar-refractivity contribution in [1.82, 2.24) is 0 Å².